The second kappa shape index (κ2) is 6.51. The van der Waals surface area contributed by atoms with Gasteiger partial charge >= 0.3 is 5.97 Å². The molecule has 0 radical (unpaired) electrons. The number of hydrogen-bond donors (Lipinski definition) is 0. The largest absolute Gasteiger partial charge is 0.465 e. The number of benzene rings is 1. The van der Waals surface area contributed by atoms with Crippen LogP contribution in [0.25, 0.3) is 11.5 Å². The minimum atomic E-state index is -0.434. The smallest absolute Gasteiger partial charge is 0.319 e. The Morgan fingerprint density at radius 2 is 2.10 bits per heavy atom. The molecule has 1 aromatic heterocycles. The number of rotatable bonds is 5. The van der Waals surface area contributed by atoms with Crippen LogP contribution in [0.1, 0.15) is 13.8 Å². The van der Waals surface area contributed by atoms with Gasteiger partial charge in [-0.1, -0.05) is 11.8 Å². The second-order valence-corrected chi connectivity index (χ2v) is 5.18. The minimum Gasteiger partial charge on any atom is -0.465 e. The van der Waals surface area contributed by atoms with Crippen LogP contribution in [0.15, 0.2) is 33.9 Å². The van der Waals surface area contributed by atoms with Crippen molar-refractivity contribution in [1.29, 1.82) is 0 Å². The van der Waals surface area contributed by atoms with Gasteiger partial charge in [-0.05, 0) is 38.1 Å². The fourth-order valence-electron chi connectivity index (χ4n) is 1.43. The van der Waals surface area contributed by atoms with Crippen LogP contribution in [0.3, 0.4) is 0 Å². The molecule has 2 rings (SSSR count). The summed E-state index contributed by atoms with van der Waals surface area (Å²) in [5, 5.41) is 7.54. The molecule has 0 amide bonds. The molecule has 106 valence electrons. The average Bonchev–Trinajstić information content (AvgIpc) is 2.88. The number of esters is 1. The molecule has 0 aliphatic rings. The quantitative estimate of drug-likeness (QED) is 0.624. The molecule has 0 unspecified atom stereocenters. The number of hydrogen-bond acceptors (Lipinski definition) is 6. The third kappa shape index (κ3) is 3.57. The minimum absolute atomic E-state index is 0.268. The molecule has 1 aromatic carbocycles. The number of halogens is 1. The topological polar surface area (TPSA) is 65.2 Å². The first-order chi connectivity index (χ1) is 9.60. The Morgan fingerprint density at radius 3 is 2.75 bits per heavy atom. The fraction of sp³-hybridized carbons (Fsp3) is 0.308. The standard InChI is InChI=1S/C13H13FN2O3S/c1-3-18-12(17)8(2)20-13-16-15-11(19-13)9-4-6-10(14)7-5-9/h4-8H,3H2,1-2H3/t8-/m0/s1. The average molecular weight is 296 g/mol. The van der Waals surface area contributed by atoms with Crippen molar-refractivity contribution < 1.29 is 18.3 Å². The highest BCUT2D eigenvalue weighted by atomic mass is 32.2. The highest BCUT2D eigenvalue weighted by Gasteiger charge is 2.19. The van der Waals surface area contributed by atoms with Gasteiger partial charge in [0.15, 0.2) is 0 Å². The van der Waals surface area contributed by atoms with Crippen molar-refractivity contribution in [2.24, 2.45) is 0 Å². The van der Waals surface area contributed by atoms with Crippen LogP contribution in [0.2, 0.25) is 0 Å². The zero-order chi connectivity index (χ0) is 14.5. The van der Waals surface area contributed by atoms with E-state index in [1.54, 1.807) is 26.0 Å². The predicted molar refractivity (Wildman–Crippen MR) is 71.6 cm³/mol. The van der Waals surface area contributed by atoms with Crippen molar-refractivity contribution >= 4 is 17.7 Å². The summed E-state index contributed by atoms with van der Waals surface area (Å²) < 4.78 is 23.1. The third-order valence-corrected chi connectivity index (χ3v) is 3.31. The van der Waals surface area contributed by atoms with E-state index >= 15 is 0 Å². The zero-order valence-corrected chi connectivity index (χ0v) is 11.8. The van der Waals surface area contributed by atoms with E-state index in [0.717, 1.165) is 11.8 Å². The fourth-order valence-corrected chi connectivity index (χ4v) is 2.11. The molecule has 0 saturated heterocycles. The van der Waals surface area contributed by atoms with Crippen molar-refractivity contribution in [2.75, 3.05) is 6.61 Å². The Kier molecular flexibility index (Phi) is 4.73. The van der Waals surface area contributed by atoms with Crippen LogP contribution in [0.5, 0.6) is 0 Å². The van der Waals surface area contributed by atoms with Gasteiger partial charge in [0.25, 0.3) is 5.22 Å². The Bertz CT molecular complexity index is 586. The van der Waals surface area contributed by atoms with Crippen LogP contribution in [0.4, 0.5) is 4.39 Å². The van der Waals surface area contributed by atoms with Crippen molar-refractivity contribution in [1.82, 2.24) is 10.2 Å². The van der Waals surface area contributed by atoms with Crippen LogP contribution < -0.4 is 0 Å². The van der Waals surface area contributed by atoms with E-state index in [4.69, 9.17) is 9.15 Å². The number of carbonyl (C=O) groups excluding carboxylic acids is 1. The van der Waals surface area contributed by atoms with E-state index in [2.05, 4.69) is 10.2 Å². The number of ether oxygens (including phenoxy) is 1. The zero-order valence-electron chi connectivity index (χ0n) is 11.0. The maximum absolute atomic E-state index is 12.8. The van der Waals surface area contributed by atoms with Crippen molar-refractivity contribution in [3.05, 3.63) is 30.1 Å². The number of nitrogens with zero attached hydrogens (tertiary/aromatic N) is 2. The lowest BCUT2D eigenvalue weighted by molar-refractivity contribution is -0.142. The summed E-state index contributed by atoms with van der Waals surface area (Å²) in [5.74, 6) is -0.388. The molecule has 5 nitrogen and oxygen atoms in total. The molecule has 2 aromatic rings. The molecular formula is C13H13FN2O3S. The van der Waals surface area contributed by atoms with Gasteiger partial charge in [-0.3, -0.25) is 4.79 Å². The number of carbonyl (C=O) groups is 1. The molecule has 1 heterocycles. The Balaban J connectivity index is 2.05. The summed E-state index contributed by atoms with van der Waals surface area (Å²) in [5.41, 5.74) is 0.620. The van der Waals surface area contributed by atoms with Crippen LogP contribution in [-0.4, -0.2) is 28.0 Å². The van der Waals surface area contributed by atoms with Gasteiger partial charge in [0.2, 0.25) is 5.89 Å². The molecule has 0 fully saturated rings. The summed E-state index contributed by atoms with van der Waals surface area (Å²) in [7, 11) is 0. The molecule has 0 bridgehead atoms. The second-order valence-electron chi connectivity index (χ2n) is 3.89. The molecule has 7 heteroatoms. The van der Waals surface area contributed by atoms with Gasteiger partial charge in [0.1, 0.15) is 11.1 Å². The molecule has 0 saturated carbocycles. The normalized spacial score (nSPS) is 12.2. The summed E-state index contributed by atoms with van der Waals surface area (Å²) in [6.07, 6.45) is 0. The summed E-state index contributed by atoms with van der Waals surface area (Å²) in [6, 6.07) is 5.72. The van der Waals surface area contributed by atoms with Crippen molar-refractivity contribution in [3.63, 3.8) is 0 Å². The van der Waals surface area contributed by atoms with E-state index < -0.39 is 5.25 Å². The van der Waals surface area contributed by atoms with E-state index in [1.165, 1.54) is 12.1 Å². The van der Waals surface area contributed by atoms with Gasteiger partial charge < -0.3 is 9.15 Å². The monoisotopic (exact) mass is 296 g/mol. The Hall–Kier alpha value is -1.89. The van der Waals surface area contributed by atoms with E-state index in [1.807, 2.05) is 0 Å². The lowest BCUT2D eigenvalue weighted by Gasteiger charge is -2.06. The first-order valence-electron chi connectivity index (χ1n) is 6.03. The molecule has 1 atom stereocenters. The van der Waals surface area contributed by atoms with Crippen LogP contribution >= 0.6 is 11.8 Å². The van der Waals surface area contributed by atoms with Crippen LogP contribution in [0, 0.1) is 5.82 Å². The van der Waals surface area contributed by atoms with Gasteiger partial charge in [-0.15, -0.1) is 10.2 Å². The van der Waals surface area contributed by atoms with E-state index in [0.29, 0.717) is 12.2 Å². The Labute approximate surface area is 119 Å². The molecule has 0 aliphatic carbocycles. The lowest BCUT2D eigenvalue weighted by atomic mass is 10.2. The third-order valence-electron chi connectivity index (χ3n) is 2.39. The first kappa shape index (κ1) is 14.5. The molecular weight excluding hydrogens is 283 g/mol. The van der Waals surface area contributed by atoms with Gasteiger partial charge in [-0.25, -0.2) is 4.39 Å². The van der Waals surface area contributed by atoms with Gasteiger partial charge in [0, 0.05) is 5.56 Å². The van der Waals surface area contributed by atoms with Gasteiger partial charge in [0.05, 0.1) is 6.61 Å². The van der Waals surface area contributed by atoms with E-state index in [-0.39, 0.29) is 22.9 Å². The number of thioether (sulfide) groups is 1. The molecule has 0 spiro atoms. The van der Waals surface area contributed by atoms with E-state index in [9.17, 15) is 9.18 Å². The molecule has 20 heavy (non-hydrogen) atoms. The maximum Gasteiger partial charge on any atom is 0.319 e. The van der Waals surface area contributed by atoms with Crippen molar-refractivity contribution in [3.8, 4) is 11.5 Å². The van der Waals surface area contributed by atoms with Gasteiger partial charge in [-0.2, -0.15) is 0 Å². The highest BCUT2D eigenvalue weighted by Crippen LogP contribution is 2.26. The molecule has 0 N–H and O–H groups in total. The Morgan fingerprint density at radius 1 is 1.40 bits per heavy atom. The summed E-state index contributed by atoms with van der Waals surface area (Å²) in [4.78, 5) is 11.5. The first-order valence-corrected chi connectivity index (χ1v) is 6.91. The highest BCUT2D eigenvalue weighted by molar-refractivity contribution is 8.00. The summed E-state index contributed by atoms with van der Waals surface area (Å²) >= 11 is 1.12. The maximum atomic E-state index is 12.8. The molecule has 0 aliphatic heterocycles. The van der Waals surface area contributed by atoms with Crippen molar-refractivity contribution in [2.45, 2.75) is 24.3 Å². The SMILES string of the molecule is CCOC(=O)[C@H](C)Sc1nnc(-c2ccc(F)cc2)o1. The number of aromatic nitrogens is 2. The predicted octanol–water partition coefficient (Wildman–Crippen LogP) is 2.92. The summed E-state index contributed by atoms with van der Waals surface area (Å²) in [6.45, 7) is 3.77. The lowest BCUT2D eigenvalue weighted by Crippen LogP contribution is -2.16. The van der Waals surface area contributed by atoms with Crippen LogP contribution in [-0.2, 0) is 9.53 Å².